The van der Waals surface area contributed by atoms with Crippen molar-refractivity contribution in [2.75, 3.05) is 6.54 Å². The summed E-state index contributed by atoms with van der Waals surface area (Å²) in [6.07, 6.45) is 1.11. The van der Waals surface area contributed by atoms with Crippen LogP contribution in [0.5, 0.6) is 5.75 Å². The lowest BCUT2D eigenvalue weighted by Gasteiger charge is -2.18. The molecule has 0 aliphatic carbocycles. The fraction of sp³-hybridized carbons (Fsp3) is 0.409. The number of amides is 1. The van der Waals surface area contributed by atoms with Gasteiger partial charge in [0.05, 0.1) is 6.10 Å². The van der Waals surface area contributed by atoms with Crippen molar-refractivity contribution in [2.45, 2.75) is 47.1 Å². The Labute approximate surface area is 151 Å². The third-order valence-electron chi connectivity index (χ3n) is 3.85. The molecule has 0 aromatic heterocycles. The fourth-order valence-electron chi connectivity index (χ4n) is 2.49. The van der Waals surface area contributed by atoms with E-state index in [1.807, 2.05) is 62.4 Å². The van der Waals surface area contributed by atoms with Gasteiger partial charge in [-0.15, -0.1) is 0 Å². The van der Waals surface area contributed by atoms with Gasteiger partial charge in [0.1, 0.15) is 5.75 Å². The number of nitrogens with one attached hydrogen (secondary N) is 1. The Kier molecular flexibility index (Phi) is 6.24. The van der Waals surface area contributed by atoms with Crippen molar-refractivity contribution in [1.29, 1.82) is 0 Å². The second-order valence-electron chi connectivity index (χ2n) is 7.84. The lowest BCUT2D eigenvalue weighted by Crippen LogP contribution is -2.27. The standard InChI is InChI=1S/C22H29NO2/c1-16(2)25-20-8-6-7-19(15-20)17-9-11-18(12-10-17)21(24)23-14-13-22(3,4)5/h6-12,15-16H,13-14H2,1-5H3,(H,23,24). The SMILES string of the molecule is CC(C)Oc1cccc(-c2ccc(C(=O)NCCC(C)(C)C)cc2)c1. The average Bonchev–Trinajstić information content (AvgIpc) is 2.53. The zero-order valence-corrected chi connectivity index (χ0v) is 15.9. The van der Waals surface area contributed by atoms with E-state index in [1.165, 1.54) is 0 Å². The number of hydrogen-bond donors (Lipinski definition) is 1. The summed E-state index contributed by atoms with van der Waals surface area (Å²) >= 11 is 0. The molecule has 3 nitrogen and oxygen atoms in total. The summed E-state index contributed by atoms with van der Waals surface area (Å²) in [6.45, 7) is 11.2. The molecule has 0 aliphatic heterocycles. The Morgan fingerprint density at radius 3 is 2.32 bits per heavy atom. The predicted molar refractivity (Wildman–Crippen MR) is 104 cm³/mol. The highest BCUT2D eigenvalue weighted by molar-refractivity contribution is 5.94. The van der Waals surface area contributed by atoms with Crippen LogP contribution in [0.3, 0.4) is 0 Å². The maximum Gasteiger partial charge on any atom is 0.251 e. The van der Waals surface area contributed by atoms with E-state index in [-0.39, 0.29) is 17.4 Å². The molecular formula is C22H29NO2. The maximum absolute atomic E-state index is 12.2. The first kappa shape index (κ1) is 19.0. The zero-order chi connectivity index (χ0) is 18.4. The molecule has 0 atom stereocenters. The summed E-state index contributed by atoms with van der Waals surface area (Å²) < 4.78 is 5.75. The quantitative estimate of drug-likeness (QED) is 0.775. The molecule has 0 fully saturated rings. The van der Waals surface area contributed by atoms with Crippen LogP contribution in [0.2, 0.25) is 0 Å². The molecule has 1 N–H and O–H groups in total. The molecule has 0 spiro atoms. The Hall–Kier alpha value is -2.29. The monoisotopic (exact) mass is 339 g/mol. The molecule has 134 valence electrons. The third-order valence-corrected chi connectivity index (χ3v) is 3.85. The predicted octanol–water partition coefficient (Wildman–Crippen LogP) is 5.31. The zero-order valence-electron chi connectivity index (χ0n) is 15.9. The molecule has 2 aromatic rings. The number of hydrogen-bond acceptors (Lipinski definition) is 2. The van der Waals surface area contributed by atoms with E-state index in [2.05, 4.69) is 26.1 Å². The van der Waals surface area contributed by atoms with Crippen molar-refractivity contribution in [3.8, 4) is 16.9 Å². The molecule has 0 heterocycles. The van der Waals surface area contributed by atoms with Gasteiger partial charge in [0.2, 0.25) is 0 Å². The minimum Gasteiger partial charge on any atom is -0.491 e. The van der Waals surface area contributed by atoms with Gasteiger partial charge in [-0.25, -0.2) is 0 Å². The van der Waals surface area contributed by atoms with Crippen LogP contribution in [0, 0.1) is 5.41 Å². The van der Waals surface area contributed by atoms with Crippen LogP contribution in [0.1, 0.15) is 51.4 Å². The van der Waals surface area contributed by atoms with Gasteiger partial charge in [0.25, 0.3) is 5.91 Å². The van der Waals surface area contributed by atoms with Gasteiger partial charge in [-0.3, -0.25) is 4.79 Å². The largest absolute Gasteiger partial charge is 0.491 e. The Morgan fingerprint density at radius 2 is 1.72 bits per heavy atom. The molecule has 0 saturated carbocycles. The van der Waals surface area contributed by atoms with Crippen LogP contribution in [-0.4, -0.2) is 18.6 Å². The van der Waals surface area contributed by atoms with E-state index in [9.17, 15) is 4.79 Å². The molecule has 0 unspecified atom stereocenters. The summed E-state index contributed by atoms with van der Waals surface area (Å²) in [5, 5.41) is 2.99. The summed E-state index contributed by atoms with van der Waals surface area (Å²) in [5.74, 6) is 0.837. The number of ether oxygens (including phenoxy) is 1. The Balaban J connectivity index is 2.03. The first-order valence-corrected chi connectivity index (χ1v) is 8.90. The van der Waals surface area contributed by atoms with E-state index >= 15 is 0 Å². The maximum atomic E-state index is 12.2. The van der Waals surface area contributed by atoms with E-state index in [0.717, 1.165) is 23.3 Å². The van der Waals surface area contributed by atoms with Gasteiger partial charge in [0.15, 0.2) is 0 Å². The van der Waals surface area contributed by atoms with E-state index in [1.54, 1.807) is 0 Å². The summed E-state index contributed by atoms with van der Waals surface area (Å²) in [6, 6.07) is 15.7. The highest BCUT2D eigenvalue weighted by atomic mass is 16.5. The van der Waals surface area contributed by atoms with Gasteiger partial charge in [0, 0.05) is 12.1 Å². The van der Waals surface area contributed by atoms with Crippen molar-refractivity contribution in [3.63, 3.8) is 0 Å². The van der Waals surface area contributed by atoms with Gasteiger partial charge < -0.3 is 10.1 Å². The van der Waals surface area contributed by atoms with E-state index in [0.29, 0.717) is 12.1 Å². The lowest BCUT2D eigenvalue weighted by molar-refractivity contribution is 0.0949. The van der Waals surface area contributed by atoms with Gasteiger partial charge in [-0.2, -0.15) is 0 Å². The highest BCUT2D eigenvalue weighted by Crippen LogP contribution is 2.25. The molecular weight excluding hydrogens is 310 g/mol. The van der Waals surface area contributed by atoms with Crippen LogP contribution >= 0.6 is 0 Å². The molecule has 3 heteroatoms. The summed E-state index contributed by atoms with van der Waals surface area (Å²) in [5.41, 5.74) is 3.06. The first-order valence-electron chi connectivity index (χ1n) is 8.90. The van der Waals surface area contributed by atoms with Crippen molar-refractivity contribution in [3.05, 3.63) is 54.1 Å². The molecule has 0 bridgehead atoms. The second kappa shape index (κ2) is 8.19. The van der Waals surface area contributed by atoms with Gasteiger partial charge >= 0.3 is 0 Å². The van der Waals surface area contributed by atoms with Crippen molar-refractivity contribution < 1.29 is 9.53 Å². The van der Waals surface area contributed by atoms with Crippen LogP contribution in [0.25, 0.3) is 11.1 Å². The normalized spacial score (nSPS) is 11.4. The summed E-state index contributed by atoms with van der Waals surface area (Å²) in [7, 11) is 0. The van der Waals surface area contributed by atoms with Crippen LogP contribution in [0.15, 0.2) is 48.5 Å². The smallest absolute Gasteiger partial charge is 0.251 e. The third kappa shape index (κ3) is 6.26. The van der Waals surface area contributed by atoms with E-state index < -0.39 is 0 Å². The average molecular weight is 339 g/mol. The van der Waals surface area contributed by atoms with Crippen LogP contribution < -0.4 is 10.1 Å². The Bertz CT molecular complexity index is 697. The lowest BCUT2D eigenvalue weighted by atomic mass is 9.92. The molecule has 0 saturated heterocycles. The number of carbonyl (C=O) groups is 1. The molecule has 0 radical (unpaired) electrons. The molecule has 1 amide bonds. The minimum atomic E-state index is -0.0207. The second-order valence-corrected chi connectivity index (χ2v) is 7.84. The van der Waals surface area contributed by atoms with Crippen LogP contribution in [-0.2, 0) is 0 Å². The van der Waals surface area contributed by atoms with Gasteiger partial charge in [-0.1, -0.05) is 45.0 Å². The Morgan fingerprint density at radius 1 is 1.04 bits per heavy atom. The van der Waals surface area contributed by atoms with Crippen molar-refractivity contribution in [1.82, 2.24) is 5.32 Å². The highest BCUT2D eigenvalue weighted by Gasteiger charge is 2.11. The van der Waals surface area contributed by atoms with Crippen molar-refractivity contribution in [2.24, 2.45) is 5.41 Å². The first-order chi connectivity index (χ1) is 11.7. The molecule has 2 aromatic carbocycles. The molecule has 25 heavy (non-hydrogen) atoms. The number of carbonyl (C=O) groups excluding carboxylic acids is 1. The van der Waals surface area contributed by atoms with E-state index in [4.69, 9.17) is 4.74 Å². The molecule has 0 aliphatic rings. The van der Waals surface area contributed by atoms with Crippen molar-refractivity contribution >= 4 is 5.91 Å². The summed E-state index contributed by atoms with van der Waals surface area (Å²) in [4.78, 5) is 12.2. The van der Waals surface area contributed by atoms with Gasteiger partial charge in [-0.05, 0) is 61.1 Å². The number of rotatable bonds is 6. The fourth-order valence-corrected chi connectivity index (χ4v) is 2.49. The number of benzene rings is 2. The topological polar surface area (TPSA) is 38.3 Å². The van der Waals surface area contributed by atoms with Crippen LogP contribution in [0.4, 0.5) is 0 Å². The molecule has 2 rings (SSSR count). The minimum absolute atomic E-state index is 0.0207.